The molecule has 0 fully saturated rings. The van der Waals surface area contributed by atoms with Gasteiger partial charge in [-0.2, -0.15) is 0 Å². The fourth-order valence-electron chi connectivity index (χ4n) is 2.23. The highest BCUT2D eigenvalue weighted by Crippen LogP contribution is 2.29. The monoisotopic (exact) mass is 220 g/mol. The smallest absolute Gasteiger partial charge is 0.0923 e. The van der Waals surface area contributed by atoms with E-state index >= 15 is 0 Å². The van der Waals surface area contributed by atoms with Gasteiger partial charge < -0.3 is 9.84 Å². The third-order valence-corrected chi connectivity index (χ3v) is 3.18. The van der Waals surface area contributed by atoms with Gasteiger partial charge in [-0.1, -0.05) is 24.3 Å². The molecule has 0 heterocycles. The summed E-state index contributed by atoms with van der Waals surface area (Å²) in [6.45, 7) is 4.44. The van der Waals surface area contributed by atoms with E-state index in [0.717, 1.165) is 19.3 Å². The number of hydrogen-bond donors (Lipinski definition) is 1. The average molecular weight is 220 g/mol. The maximum absolute atomic E-state index is 10.4. The summed E-state index contributed by atoms with van der Waals surface area (Å²) in [4.78, 5) is 0. The number of rotatable bonds is 3. The first-order chi connectivity index (χ1) is 7.59. The molecule has 1 aromatic carbocycles. The van der Waals surface area contributed by atoms with Crippen LogP contribution in [0.4, 0.5) is 0 Å². The summed E-state index contributed by atoms with van der Waals surface area (Å²) < 4.78 is 5.55. The van der Waals surface area contributed by atoms with Gasteiger partial charge in [0.1, 0.15) is 0 Å². The minimum absolute atomic E-state index is 0.182. The normalized spacial score (nSPS) is 24.5. The van der Waals surface area contributed by atoms with Crippen LogP contribution in [0.3, 0.4) is 0 Å². The fraction of sp³-hybridized carbons (Fsp3) is 0.571. The first-order valence-electron chi connectivity index (χ1n) is 6.00. The zero-order valence-corrected chi connectivity index (χ0v) is 10.1. The van der Waals surface area contributed by atoms with Crippen molar-refractivity contribution >= 4 is 0 Å². The first kappa shape index (κ1) is 11.6. The van der Waals surface area contributed by atoms with Crippen LogP contribution >= 0.6 is 0 Å². The van der Waals surface area contributed by atoms with E-state index in [1.165, 1.54) is 11.1 Å². The van der Waals surface area contributed by atoms with Gasteiger partial charge in [0.25, 0.3) is 0 Å². The molecule has 1 aromatic rings. The van der Waals surface area contributed by atoms with Crippen LogP contribution in [-0.2, 0) is 17.6 Å². The molecule has 0 bridgehead atoms. The molecule has 0 aliphatic heterocycles. The van der Waals surface area contributed by atoms with Crippen LogP contribution in [-0.4, -0.2) is 23.4 Å². The summed E-state index contributed by atoms with van der Waals surface area (Å²) in [6, 6.07) is 8.36. The topological polar surface area (TPSA) is 29.5 Å². The molecule has 1 N–H and O–H groups in total. The van der Waals surface area contributed by atoms with Gasteiger partial charge in [0.05, 0.1) is 18.3 Å². The molecule has 1 aliphatic rings. The highest BCUT2D eigenvalue weighted by Gasteiger charge is 2.32. The lowest BCUT2D eigenvalue weighted by Gasteiger charge is -2.33. The lowest BCUT2D eigenvalue weighted by atomic mass is 9.81. The Kier molecular flexibility index (Phi) is 3.31. The Morgan fingerprint density at radius 1 is 1.31 bits per heavy atom. The lowest BCUT2D eigenvalue weighted by Crippen LogP contribution is -2.41. The zero-order chi connectivity index (χ0) is 11.6. The highest BCUT2D eigenvalue weighted by atomic mass is 16.5. The van der Waals surface area contributed by atoms with E-state index in [-0.39, 0.29) is 6.10 Å². The molecule has 1 atom stereocenters. The molecule has 1 unspecified atom stereocenters. The predicted octanol–water partition coefficient (Wildman–Crippen LogP) is 2.33. The van der Waals surface area contributed by atoms with Crippen molar-refractivity contribution in [1.82, 2.24) is 0 Å². The van der Waals surface area contributed by atoms with Crippen molar-refractivity contribution in [1.29, 1.82) is 0 Å². The molecule has 0 aromatic heterocycles. The van der Waals surface area contributed by atoms with Crippen LogP contribution in [0.1, 0.15) is 31.4 Å². The Hall–Kier alpha value is -0.860. The maximum atomic E-state index is 10.4. The van der Waals surface area contributed by atoms with Crippen molar-refractivity contribution in [3.63, 3.8) is 0 Å². The average Bonchev–Trinajstić information content (AvgIpc) is 2.26. The molecule has 0 saturated heterocycles. The van der Waals surface area contributed by atoms with E-state index in [4.69, 9.17) is 4.74 Å². The third-order valence-electron chi connectivity index (χ3n) is 3.18. The predicted molar refractivity (Wildman–Crippen MR) is 64.5 cm³/mol. The van der Waals surface area contributed by atoms with Gasteiger partial charge in [-0.05, 0) is 37.8 Å². The number of aryl methyl sites for hydroxylation is 1. The summed E-state index contributed by atoms with van der Waals surface area (Å²) >= 11 is 0. The molecular weight excluding hydrogens is 200 g/mol. The molecule has 1 aliphatic carbocycles. The standard InChI is InChI=1S/C14H20O2/c1-11(2)16-10-14(15)8-7-12-5-3-4-6-13(12)9-14/h3-6,11,15H,7-10H2,1-2H3. The zero-order valence-electron chi connectivity index (χ0n) is 10.1. The Morgan fingerprint density at radius 2 is 2.00 bits per heavy atom. The van der Waals surface area contributed by atoms with Gasteiger partial charge in [0.15, 0.2) is 0 Å². The van der Waals surface area contributed by atoms with E-state index in [9.17, 15) is 5.11 Å². The summed E-state index contributed by atoms with van der Waals surface area (Å²) in [6.07, 6.45) is 2.65. The van der Waals surface area contributed by atoms with E-state index in [1.807, 2.05) is 19.9 Å². The Balaban J connectivity index is 2.06. The summed E-state index contributed by atoms with van der Waals surface area (Å²) in [5.41, 5.74) is 1.97. The molecule has 16 heavy (non-hydrogen) atoms. The second kappa shape index (κ2) is 4.56. The second-order valence-electron chi connectivity index (χ2n) is 5.03. The van der Waals surface area contributed by atoms with Crippen molar-refractivity contribution in [2.45, 2.75) is 44.8 Å². The van der Waals surface area contributed by atoms with Crippen molar-refractivity contribution in [2.24, 2.45) is 0 Å². The number of hydrogen-bond acceptors (Lipinski definition) is 2. The Morgan fingerprint density at radius 3 is 2.69 bits per heavy atom. The van der Waals surface area contributed by atoms with E-state index in [0.29, 0.717) is 6.61 Å². The number of aliphatic hydroxyl groups is 1. The molecule has 0 amide bonds. The van der Waals surface area contributed by atoms with Gasteiger partial charge in [-0.15, -0.1) is 0 Å². The summed E-state index contributed by atoms with van der Waals surface area (Å²) in [5, 5.41) is 10.4. The molecule has 2 rings (SSSR count). The Labute approximate surface area is 97.3 Å². The largest absolute Gasteiger partial charge is 0.387 e. The summed E-state index contributed by atoms with van der Waals surface area (Å²) in [7, 11) is 0. The number of fused-ring (bicyclic) bond motifs is 1. The SMILES string of the molecule is CC(C)OCC1(O)CCc2ccccc2C1. The van der Waals surface area contributed by atoms with Gasteiger partial charge >= 0.3 is 0 Å². The lowest BCUT2D eigenvalue weighted by molar-refractivity contribution is -0.0715. The van der Waals surface area contributed by atoms with Gasteiger partial charge in [0, 0.05) is 6.42 Å². The van der Waals surface area contributed by atoms with Crippen LogP contribution in [0.25, 0.3) is 0 Å². The highest BCUT2D eigenvalue weighted by molar-refractivity contribution is 5.31. The number of benzene rings is 1. The molecule has 0 spiro atoms. The Bertz CT molecular complexity index is 360. The molecule has 2 nitrogen and oxygen atoms in total. The van der Waals surface area contributed by atoms with Crippen molar-refractivity contribution in [3.8, 4) is 0 Å². The quantitative estimate of drug-likeness (QED) is 0.847. The van der Waals surface area contributed by atoms with Crippen LogP contribution in [0.2, 0.25) is 0 Å². The van der Waals surface area contributed by atoms with E-state index < -0.39 is 5.60 Å². The molecule has 2 heteroatoms. The minimum Gasteiger partial charge on any atom is -0.387 e. The van der Waals surface area contributed by atoms with Crippen LogP contribution in [0, 0.1) is 0 Å². The first-order valence-corrected chi connectivity index (χ1v) is 6.00. The fourth-order valence-corrected chi connectivity index (χ4v) is 2.23. The molecular formula is C14H20O2. The molecule has 88 valence electrons. The number of ether oxygens (including phenoxy) is 1. The van der Waals surface area contributed by atoms with Crippen molar-refractivity contribution in [2.75, 3.05) is 6.61 Å². The van der Waals surface area contributed by atoms with Crippen LogP contribution < -0.4 is 0 Å². The van der Waals surface area contributed by atoms with Crippen molar-refractivity contribution in [3.05, 3.63) is 35.4 Å². The van der Waals surface area contributed by atoms with E-state index in [1.54, 1.807) is 0 Å². The van der Waals surface area contributed by atoms with E-state index in [2.05, 4.69) is 18.2 Å². The second-order valence-corrected chi connectivity index (χ2v) is 5.03. The van der Waals surface area contributed by atoms with Crippen LogP contribution in [0.15, 0.2) is 24.3 Å². The molecule has 0 saturated carbocycles. The summed E-state index contributed by atoms with van der Waals surface area (Å²) in [5.74, 6) is 0. The molecule has 0 radical (unpaired) electrons. The van der Waals surface area contributed by atoms with Gasteiger partial charge in [-0.25, -0.2) is 0 Å². The van der Waals surface area contributed by atoms with Gasteiger partial charge in [-0.3, -0.25) is 0 Å². The van der Waals surface area contributed by atoms with Gasteiger partial charge in [0.2, 0.25) is 0 Å². The minimum atomic E-state index is -0.668. The third kappa shape index (κ3) is 2.63. The van der Waals surface area contributed by atoms with Crippen LogP contribution in [0.5, 0.6) is 0 Å². The van der Waals surface area contributed by atoms with Crippen molar-refractivity contribution < 1.29 is 9.84 Å². The maximum Gasteiger partial charge on any atom is 0.0923 e.